The number of aliphatic hydroxyl groups excluding tert-OH is 1. The Balaban J connectivity index is 2.06. The lowest BCUT2D eigenvalue weighted by Gasteiger charge is -2.31. The number of nitrogens with one attached hydrogen (secondary N) is 1. The third-order valence-electron chi connectivity index (χ3n) is 3.02. The molecule has 0 heterocycles. The van der Waals surface area contributed by atoms with Crippen LogP contribution in [0.3, 0.4) is 0 Å². The van der Waals surface area contributed by atoms with E-state index in [1.165, 1.54) is 12.1 Å². The van der Waals surface area contributed by atoms with Gasteiger partial charge in [0.1, 0.15) is 0 Å². The van der Waals surface area contributed by atoms with Gasteiger partial charge in [-0.15, -0.1) is 0 Å². The predicted molar refractivity (Wildman–Crippen MR) is 70.3 cm³/mol. The van der Waals surface area contributed by atoms with Gasteiger partial charge in [0.15, 0.2) is 0 Å². The predicted octanol–water partition coefficient (Wildman–Crippen LogP) is 3.08. The summed E-state index contributed by atoms with van der Waals surface area (Å²) in [4.78, 5) is 10.1. The molecule has 0 aliphatic heterocycles. The molecule has 0 unspecified atom stereocenters. The number of halogens is 2. The SMILES string of the molecule is O=[N+]([O-])c1cc(Cl)c(NCC2CC(O)C2)c(Cl)c1. The Morgan fingerprint density at radius 1 is 1.39 bits per heavy atom. The number of hydrogen-bond acceptors (Lipinski definition) is 4. The van der Waals surface area contributed by atoms with Crippen LogP contribution in [0.2, 0.25) is 10.0 Å². The highest BCUT2D eigenvalue weighted by Gasteiger charge is 2.27. The van der Waals surface area contributed by atoms with Crippen LogP contribution in [0.25, 0.3) is 0 Å². The summed E-state index contributed by atoms with van der Waals surface area (Å²) < 4.78 is 0. The highest BCUT2D eigenvalue weighted by atomic mass is 35.5. The monoisotopic (exact) mass is 290 g/mol. The van der Waals surface area contributed by atoms with Gasteiger partial charge in [0, 0.05) is 18.7 Å². The molecule has 2 rings (SSSR count). The second-order valence-electron chi connectivity index (χ2n) is 4.41. The fraction of sp³-hybridized carbons (Fsp3) is 0.455. The van der Waals surface area contributed by atoms with E-state index < -0.39 is 4.92 Å². The van der Waals surface area contributed by atoms with Crippen molar-refractivity contribution in [3.8, 4) is 0 Å². The van der Waals surface area contributed by atoms with Crippen molar-refractivity contribution in [3.05, 3.63) is 32.3 Å². The van der Waals surface area contributed by atoms with Crippen molar-refractivity contribution in [2.45, 2.75) is 18.9 Å². The third kappa shape index (κ3) is 2.85. The van der Waals surface area contributed by atoms with Crippen LogP contribution in [0, 0.1) is 16.0 Å². The van der Waals surface area contributed by atoms with Crippen LogP contribution >= 0.6 is 23.2 Å². The highest BCUT2D eigenvalue weighted by Crippen LogP contribution is 2.36. The fourth-order valence-electron chi connectivity index (χ4n) is 1.95. The number of nitrogens with zero attached hydrogens (tertiary/aromatic N) is 1. The molecule has 1 saturated carbocycles. The number of non-ortho nitro benzene ring substituents is 1. The van der Waals surface area contributed by atoms with Crippen LogP contribution < -0.4 is 5.32 Å². The van der Waals surface area contributed by atoms with E-state index >= 15 is 0 Å². The molecular weight excluding hydrogens is 279 g/mol. The smallest absolute Gasteiger partial charge is 0.272 e. The number of rotatable bonds is 4. The number of anilines is 1. The Morgan fingerprint density at radius 2 is 1.94 bits per heavy atom. The third-order valence-corrected chi connectivity index (χ3v) is 3.61. The maximum Gasteiger partial charge on any atom is 0.272 e. The van der Waals surface area contributed by atoms with Crippen LogP contribution in [0.15, 0.2) is 12.1 Å². The molecule has 2 N–H and O–H groups in total. The summed E-state index contributed by atoms with van der Waals surface area (Å²) in [7, 11) is 0. The summed E-state index contributed by atoms with van der Waals surface area (Å²) in [5.41, 5.74) is 0.375. The normalized spacial score (nSPS) is 22.4. The molecule has 0 atom stereocenters. The number of aliphatic hydroxyl groups is 1. The summed E-state index contributed by atoms with van der Waals surface area (Å²) in [6, 6.07) is 2.54. The van der Waals surface area contributed by atoms with E-state index in [0.29, 0.717) is 18.2 Å². The van der Waals surface area contributed by atoms with Gasteiger partial charge in [0.25, 0.3) is 5.69 Å². The molecule has 0 amide bonds. The molecule has 1 aromatic rings. The zero-order valence-corrected chi connectivity index (χ0v) is 10.9. The number of nitro groups is 1. The molecule has 0 saturated heterocycles. The van der Waals surface area contributed by atoms with Crippen LogP contribution in [-0.2, 0) is 0 Å². The van der Waals surface area contributed by atoms with Gasteiger partial charge in [-0.3, -0.25) is 10.1 Å². The Labute approximate surface area is 114 Å². The number of nitro benzene ring substituents is 1. The van der Waals surface area contributed by atoms with E-state index in [-0.39, 0.29) is 21.8 Å². The first kappa shape index (κ1) is 13.4. The van der Waals surface area contributed by atoms with Crippen molar-refractivity contribution >= 4 is 34.6 Å². The van der Waals surface area contributed by atoms with Crippen molar-refractivity contribution in [1.82, 2.24) is 0 Å². The molecule has 18 heavy (non-hydrogen) atoms. The van der Waals surface area contributed by atoms with Gasteiger partial charge >= 0.3 is 0 Å². The first-order valence-corrected chi connectivity index (χ1v) is 6.28. The van der Waals surface area contributed by atoms with E-state index in [4.69, 9.17) is 28.3 Å². The van der Waals surface area contributed by atoms with Crippen LogP contribution in [0.4, 0.5) is 11.4 Å². The minimum absolute atomic E-state index is 0.130. The van der Waals surface area contributed by atoms with E-state index in [9.17, 15) is 10.1 Å². The molecule has 0 bridgehead atoms. The summed E-state index contributed by atoms with van der Waals surface area (Å²) in [5, 5.41) is 23.3. The standard InChI is InChI=1S/C11H12Cl2N2O3/c12-9-3-7(15(17)18)4-10(13)11(9)14-5-6-1-8(16)2-6/h3-4,6,8,14,16H,1-2,5H2. The molecule has 1 aliphatic rings. The van der Waals surface area contributed by atoms with Crippen molar-refractivity contribution in [1.29, 1.82) is 0 Å². The maximum atomic E-state index is 10.6. The summed E-state index contributed by atoms with van der Waals surface area (Å²) >= 11 is 11.9. The molecular formula is C11H12Cl2N2O3. The van der Waals surface area contributed by atoms with E-state index in [1.807, 2.05) is 0 Å². The van der Waals surface area contributed by atoms with Gasteiger partial charge in [0.2, 0.25) is 0 Å². The van der Waals surface area contributed by atoms with E-state index in [1.54, 1.807) is 0 Å². The van der Waals surface area contributed by atoms with E-state index in [2.05, 4.69) is 5.32 Å². The zero-order valence-electron chi connectivity index (χ0n) is 9.40. The maximum absolute atomic E-state index is 10.6. The minimum Gasteiger partial charge on any atom is -0.393 e. The molecule has 1 aliphatic carbocycles. The Morgan fingerprint density at radius 3 is 2.39 bits per heavy atom. The van der Waals surface area contributed by atoms with Crippen molar-refractivity contribution < 1.29 is 10.0 Å². The average molecular weight is 291 g/mol. The first-order valence-electron chi connectivity index (χ1n) is 5.52. The fourth-order valence-corrected chi connectivity index (χ4v) is 2.56. The van der Waals surface area contributed by atoms with E-state index in [0.717, 1.165) is 12.8 Å². The second-order valence-corrected chi connectivity index (χ2v) is 5.23. The summed E-state index contributed by atoms with van der Waals surface area (Å²) in [6.45, 7) is 0.647. The summed E-state index contributed by atoms with van der Waals surface area (Å²) in [5.74, 6) is 0.391. The lowest BCUT2D eigenvalue weighted by atomic mass is 9.82. The Kier molecular flexibility index (Phi) is 3.94. The molecule has 0 aromatic heterocycles. The quantitative estimate of drug-likeness (QED) is 0.660. The minimum atomic E-state index is -0.538. The van der Waals surface area contributed by atoms with Crippen molar-refractivity contribution in [2.75, 3.05) is 11.9 Å². The molecule has 1 aromatic carbocycles. The van der Waals surface area contributed by atoms with Gasteiger partial charge in [0.05, 0.1) is 26.8 Å². The molecule has 7 heteroatoms. The molecule has 5 nitrogen and oxygen atoms in total. The highest BCUT2D eigenvalue weighted by molar-refractivity contribution is 6.39. The first-order chi connectivity index (χ1) is 8.47. The topological polar surface area (TPSA) is 75.4 Å². The van der Waals surface area contributed by atoms with Gasteiger partial charge in [-0.1, -0.05) is 23.2 Å². The van der Waals surface area contributed by atoms with Gasteiger partial charge < -0.3 is 10.4 Å². The molecule has 1 fully saturated rings. The number of hydrogen-bond donors (Lipinski definition) is 2. The molecule has 0 spiro atoms. The average Bonchev–Trinajstić information content (AvgIpc) is 2.24. The van der Waals surface area contributed by atoms with Crippen molar-refractivity contribution in [2.24, 2.45) is 5.92 Å². The molecule has 0 radical (unpaired) electrons. The van der Waals surface area contributed by atoms with Gasteiger partial charge in [-0.25, -0.2) is 0 Å². The lowest BCUT2D eigenvalue weighted by molar-refractivity contribution is -0.384. The van der Waals surface area contributed by atoms with Crippen molar-refractivity contribution in [3.63, 3.8) is 0 Å². The largest absolute Gasteiger partial charge is 0.393 e. The molecule has 98 valence electrons. The van der Waals surface area contributed by atoms with Crippen LogP contribution in [-0.4, -0.2) is 22.7 Å². The van der Waals surface area contributed by atoms with Crippen LogP contribution in [0.5, 0.6) is 0 Å². The van der Waals surface area contributed by atoms with Gasteiger partial charge in [-0.2, -0.15) is 0 Å². The Hall–Kier alpha value is -1.04. The number of benzene rings is 1. The zero-order chi connectivity index (χ0) is 13.3. The lowest BCUT2D eigenvalue weighted by Crippen LogP contribution is -2.33. The van der Waals surface area contributed by atoms with Gasteiger partial charge in [-0.05, 0) is 18.8 Å². The van der Waals surface area contributed by atoms with Crippen LogP contribution in [0.1, 0.15) is 12.8 Å². The summed E-state index contributed by atoms with van der Waals surface area (Å²) in [6.07, 6.45) is 1.31. The second kappa shape index (κ2) is 5.30. The Bertz CT molecular complexity index is 452.